The summed E-state index contributed by atoms with van der Waals surface area (Å²) in [5, 5.41) is 10.8. The molecular formula is C32H31ClF5N6O3+. The molecule has 0 radical (unpaired) electrons. The number of phenols is 1. The van der Waals surface area contributed by atoms with E-state index in [-0.39, 0.29) is 81.9 Å². The SMILES string of the molecule is CCN1CCCC1(CC)COc1nc(N2CC=[N+](C(=O)C(F)(F)F)CC2)c2cnc(-c3cc(O)cc4ccc(F)c(Cl)c34)c(F)c2n1. The van der Waals surface area contributed by atoms with E-state index < -0.39 is 23.7 Å². The van der Waals surface area contributed by atoms with Crippen molar-refractivity contribution in [1.82, 2.24) is 19.9 Å². The summed E-state index contributed by atoms with van der Waals surface area (Å²) in [4.78, 5) is 29.0. The number of anilines is 1. The standard InChI is InChI=1S/C32H30ClF5N6O3/c1-3-31(8-5-9-44(31)4-2)17-47-30-40-27-21(28(41-30)42-10-12-43(13-11-42)29(46)32(36,37)38)16-39-26(25(27)35)20-15-19(45)14-18-6-7-22(34)24(33)23(18)20/h6-7,12,14-16H,3-5,8-11,13,17H2,1-2H3/p+1. The van der Waals surface area contributed by atoms with Crippen molar-refractivity contribution in [1.29, 1.82) is 0 Å². The number of nitrogens with zero attached hydrogens (tertiary/aromatic N) is 6. The first kappa shape index (κ1) is 32.8. The predicted octanol–water partition coefficient (Wildman–Crippen LogP) is 6.12. The molecule has 1 fully saturated rings. The highest BCUT2D eigenvalue weighted by Crippen LogP contribution is 2.40. The van der Waals surface area contributed by atoms with Gasteiger partial charge < -0.3 is 14.7 Å². The van der Waals surface area contributed by atoms with Crippen molar-refractivity contribution in [2.75, 3.05) is 44.2 Å². The fourth-order valence-electron chi connectivity index (χ4n) is 6.58. The van der Waals surface area contributed by atoms with Crippen LogP contribution in [0, 0.1) is 11.6 Å². The minimum atomic E-state index is -5.03. The topological polar surface area (TPSA) is 94.7 Å². The number of halogens is 6. The van der Waals surface area contributed by atoms with Gasteiger partial charge in [-0.3, -0.25) is 9.88 Å². The normalized spacial score (nSPS) is 19.1. The lowest BCUT2D eigenvalue weighted by Gasteiger charge is -2.36. The lowest BCUT2D eigenvalue weighted by atomic mass is 9.94. The number of phenolic OH excluding ortho intramolecular Hbond substituents is 1. The number of ether oxygens (including phenoxy) is 1. The van der Waals surface area contributed by atoms with Crippen LogP contribution in [0.5, 0.6) is 11.8 Å². The number of rotatable bonds is 7. The Morgan fingerprint density at radius 3 is 2.64 bits per heavy atom. The number of likely N-dealkylation sites (N-methyl/N-ethyl adjacent to an activating group) is 1. The van der Waals surface area contributed by atoms with E-state index in [0.717, 1.165) is 44.6 Å². The molecule has 1 saturated heterocycles. The molecule has 4 aromatic rings. The minimum absolute atomic E-state index is 0.0219. The van der Waals surface area contributed by atoms with E-state index in [1.807, 2.05) is 0 Å². The van der Waals surface area contributed by atoms with Gasteiger partial charge in [0.05, 0.1) is 29.0 Å². The summed E-state index contributed by atoms with van der Waals surface area (Å²) in [7, 11) is 0. The summed E-state index contributed by atoms with van der Waals surface area (Å²) in [6.45, 7) is 5.56. The van der Waals surface area contributed by atoms with Crippen molar-refractivity contribution in [3.8, 4) is 23.0 Å². The highest BCUT2D eigenvalue weighted by Gasteiger charge is 2.49. The van der Waals surface area contributed by atoms with Gasteiger partial charge in [-0.25, -0.2) is 13.6 Å². The zero-order valence-corrected chi connectivity index (χ0v) is 26.3. The van der Waals surface area contributed by atoms with E-state index in [1.54, 1.807) is 4.90 Å². The van der Waals surface area contributed by atoms with Gasteiger partial charge in [0.15, 0.2) is 18.6 Å². The third-order valence-electron chi connectivity index (χ3n) is 9.08. The number of alkyl halides is 3. The molecule has 15 heteroatoms. The molecule has 0 bridgehead atoms. The third-order valence-corrected chi connectivity index (χ3v) is 9.45. The Morgan fingerprint density at radius 1 is 1.17 bits per heavy atom. The number of amides is 1. The minimum Gasteiger partial charge on any atom is -0.508 e. The molecule has 0 saturated carbocycles. The van der Waals surface area contributed by atoms with Crippen LogP contribution >= 0.6 is 11.6 Å². The monoisotopic (exact) mass is 677 g/mol. The van der Waals surface area contributed by atoms with Gasteiger partial charge in [-0.05, 0) is 55.9 Å². The fourth-order valence-corrected chi connectivity index (χ4v) is 6.86. The van der Waals surface area contributed by atoms with E-state index in [9.17, 15) is 27.5 Å². The number of pyridine rings is 1. The molecule has 9 nitrogen and oxygen atoms in total. The van der Waals surface area contributed by atoms with Crippen molar-refractivity contribution in [2.45, 2.75) is 44.8 Å². The summed E-state index contributed by atoms with van der Waals surface area (Å²) in [5.41, 5.74) is -0.745. The molecule has 1 N–H and O–H groups in total. The van der Waals surface area contributed by atoms with Gasteiger partial charge in [0.2, 0.25) is 0 Å². The molecule has 6 rings (SSSR count). The Morgan fingerprint density at radius 2 is 1.96 bits per heavy atom. The van der Waals surface area contributed by atoms with Crippen LogP contribution < -0.4 is 9.64 Å². The van der Waals surface area contributed by atoms with E-state index in [4.69, 9.17) is 16.3 Å². The van der Waals surface area contributed by atoms with Crippen LogP contribution in [-0.4, -0.2) is 92.7 Å². The molecule has 2 aliphatic rings. The Bertz CT molecular complexity index is 1920. The summed E-state index contributed by atoms with van der Waals surface area (Å²) in [6, 6.07) is 4.96. The summed E-state index contributed by atoms with van der Waals surface area (Å²) < 4.78 is 77.2. The van der Waals surface area contributed by atoms with Crippen LogP contribution in [0.15, 0.2) is 30.5 Å². The average Bonchev–Trinajstić information content (AvgIpc) is 3.48. The predicted molar refractivity (Wildman–Crippen MR) is 166 cm³/mol. The second-order valence-electron chi connectivity index (χ2n) is 11.6. The van der Waals surface area contributed by atoms with Crippen LogP contribution in [0.4, 0.5) is 27.8 Å². The van der Waals surface area contributed by atoms with Crippen molar-refractivity contribution < 1.29 is 41.2 Å². The highest BCUT2D eigenvalue weighted by atomic mass is 35.5. The lowest BCUT2D eigenvalue weighted by Crippen LogP contribution is -2.48. The van der Waals surface area contributed by atoms with Gasteiger partial charge in [-0.15, -0.1) is 0 Å². The summed E-state index contributed by atoms with van der Waals surface area (Å²) >= 11 is 6.31. The molecule has 0 spiro atoms. The van der Waals surface area contributed by atoms with Crippen LogP contribution in [0.1, 0.15) is 33.1 Å². The first-order chi connectivity index (χ1) is 22.4. The molecule has 1 unspecified atom stereocenters. The molecule has 2 aliphatic heterocycles. The largest absolute Gasteiger partial charge is 0.521 e. The molecule has 2 aromatic heterocycles. The van der Waals surface area contributed by atoms with Crippen LogP contribution in [-0.2, 0) is 4.79 Å². The second kappa shape index (κ2) is 12.5. The van der Waals surface area contributed by atoms with Crippen molar-refractivity contribution in [3.63, 3.8) is 0 Å². The van der Waals surface area contributed by atoms with Crippen molar-refractivity contribution in [2.24, 2.45) is 0 Å². The molecule has 0 aliphatic carbocycles. The van der Waals surface area contributed by atoms with E-state index in [2.05, 4.69) is 33.7 Å². The molecule has 1 amide bonds. The molecule has 47 heavy (non-hydrogen) atoms. The maximum absolute atomic E-state index is 16.6. The maximum atomic E-state index is 16.6. The summed E-state index contributed by atoms with van der Waals surface area (Å²) in [5.74, 6) is -3.74. The third kappa shape index (κ3) is 5.93. The molecular weight excluding hydrogens is 647 g/mol. The number of fused-ring (bicyclic) bond motifs is 2. The van der Waals surface area contributed by atoms with Crippen molar-refractivity contribution in [3.05, 3.63) is 47.1 Å². The van der Waals surface area contributed by atoms with Gasteiger partial charge in [0.1, 0.15) is 35.2 Å². The van der Waals surface area contributed by atoms with Gasteiger partial charge >= 0.3 is 18.1 Å². The number of hydrogen-bond donors (Lipinski definition) is 1. The van der Waals surface area contributed by atoms with Gasteiger partial charge in [0.25, 0.3) is 0 Å². The molecule has 2 aromatic carbocycles. The quantitative estimate of drug-likeness (QED) is 0.185. The fraction of sp³-hybridized carbons (Fsp3) is 0.406. The first-order valence-electron chi connectivity index (χ1n) is 15.2. The molecule has 248 valence electrons. The van der Waals surface area contributed by atoms with E-state index in [0.29, 0.717) is 9.96 Å². The first-order valence-corrected chi connectivity index (χ1v) is 15.6. The Labute approximate surface area is 271 Å². The summed E-state index contributed by atoms with van der Waals surface area (Å²) in [6.07, 6.45) is 0.0182. The van der Waals surface area contributed by atoms with Gasteiger partial charge in [-0.2, -0.15) is 27.7 Å². The number of carbonyl (C=O) groups is 1. The number of carbonyl (C=O) groups excluding carboxylic acids is 1. The zero-order valence-electron chi connectivity index (χ0n) is 25.5. The number of likely N-dealkylation sites (tertiary alicyclic amines) is 1. The van der Waals surface area contributed by atoms with E-state index >= 15 is 4.39 Å². The van der Waals surface area contributed by atoms with Crippen LogP contribution in [0.25, 0.3) is 32.9 Å². The Kier molecular flexibility index (Phi) is 8.68. The smallest absolute Gasteiger partial charge is 0.508 e. The number of hydrogen-bond acceptors (Lipinski definition) is 8. The van der Waals surface area contributed by atoms with E-state index in [1.165, 1.54) is 24.4 Å². The number of aromatic hydroxyl groups is 1. The van der Waals surface area contributed by atoms with Crippen molar-refractivity contribution >= 4 is 51.2 Å². The highest BCUT2D eigenvalue weighted by molar-refractivity contribution is 6.37. The van der Waals surface area contributed by atoms with Crippen LogP contribution in [0.3, 0.4) is 0 Å². The van der Waals surface area contributed by atoms with Crippen LogP contribution in [0.2, 0.25) is 5.02 Å². The average molecular weight is 678 g/mol. The Hall–Kier alpha value is -4.17. The molecule has 1 atom stereocenters. The number of aromatic nitrogens is 3. The lowest BCUT2D eigenvalue weighted by molar-refractivity contribution is -0.465. The zero-order chi connectivity index (χ0) is 33.7. The maximum Gasteiger partial charge on any atom is 0.521 e. The van der Waals surface area contributed by atoms with Gasteiger partial charge in [0, 0.05) is 17.1 Å². The molecule has 4 heterocycles. The van der Waals surface area contributed by atoms with Gasteiger partial charge in [-0.1, -0.05) is 31.5 Å². The number of benzene rings is 2. The Balaban J connectivity index is 1.48. The second-order valence-corrected chi connectivity index (χ2v) is 12.0.